The molecule has 0 spiro atoms. The van der Waals surface area contributed by atoms with E-state index >= 15 is 0 Å². The third kappa shape index (κ3) is 2.53. The number of rotatable bonds is 2. The van der Waals surface area contributed by atoms with Crippen LogP contribution in [0.1, 0.15) is 39.6 Å². The van der Waals surface area contributed by atoms with Gasteiger partial charge in [0, 0.05) is 42.1 Å². The topological polar surface area (TPSA) is 66.5 Å². The summed E-state index contributed by atoms with van der Waals surface area (Å²) in [5.41, 5.74) is 3.14. The molecule has 5 nitrogen and oxygen atoms in total. The Morgan fingerprint density at radius 3 is 2.93 bits per heavy atom. The molecule has 2 aliphatic rings. The molecule has 3 aromatic rings. The quantitative estimate of drug-likeness (QED) is 0.685. The summed E-state index contributed by atoms with van der Waals surface area (Å²) in [6.45, 7) is 0.526. The van der Waals surface area contributed by atoms with E-state index in [0.29, 0.717) is 17.7 Å². The van der Waals surface area contributed by atoms with Gasteiger partial charge in [0.2, 0.25) is 0 Å². The Bertz CT molecular complexity index is 1110. The van der Waals surface area contributed by atoms with Gasteiger partial charge < -0.3 is 14.1 Å². The summed E-state index contributed by atoms with van der Waals surface area (Å²) < 4.78 is 12.0. The molecule has 2 bridgehead atoms. The fourth-order valence-corrected chi connectivity index (χ4v) is 4.75. The number of fused-ring (bicyclic) bond motifs is 6. The summed E-state index contributed by atoms with van der Waals surface area (Å²) in [6.07, 6.45) is 1.50. The maximum absolute atomic E-state index is 13.3. The van der Waals surface area contributed by atoms with Gasteiger partial charge >= 0.3 is 0 Å². The number of para-hydroxylation sites is 1. The Morgan fingerprint density at radius 1 is 1.25 bits per heavy atom. The molecular weight excluding hydrogens is 352 g/mol. The highest BCUT2D eigenvalue weighted by Crippen LogP contribution is 2.45. The molecule has 3 atom stereocenters. The van der Waals surface area contributed by atoms with Crippen LogP contribution in [0.4, 0.5) is 0 Å². The number of ether oxygens (including phenoxy) is 1. The number of amides is 1. The van der Waals surface area contributed by atoms with Crippen molar-refractivity contribution in [2.24, 2.45) is 0 Å². The van der Waals surface area contributed by atoms with Crippen molar-refractivity contribution in [2.75, 3.05) is 13.7 Å². The lowest BCUT2D eigenvalue weighted by Gasteiger charge is -2.46. The molecule has 0 N–H and O–H groups in total. The first-order chi connectivity index (χ1) is 13.7. The molecule has 1 amide bonds. The van der Waals surface area contributed by atoms with Crippen molar-refractivity contribution in [2.45, 2.75) is 30.9 Å². The lowest BCUT2D eigenvalue weighted by atomic mass is 9.76. The zero-order valence-corrected chi connectivity index (χ0v) is 15.6. The molecule has 0 radical (unpaired) electrons. The largest absolute Gasteiger partial charge is 0.460 e. The van der Waals surface area contributed by atoms with Crippen molar-refractivity contribution in [1.29, 1.82) is 5.26 Å². The van der Waals surface area contributed by atoms with Gasteiger partial charge in [0.1, 0.15) is 11.3 Å². The lowest BCUT2D eigenvalue weighted by Crippen LogP contribution is -2.54. The van der Waals surface area contributed by atoms with Gasteiger partial charge in [0.15, 0.2) is 0 Å². The maximum atomic E-state index is 13.3. The molecule has 5 heteroatoms. The molecule has 2 aromatic carbocycles. The van der Waals surface area contributed by atoms with Crippen LogP contribution in [0.3, 0.4) is 0 Å². The predicted molar refractivity (Wildman–Crippen MR) is 104 cm³/mol. The molecule has 1 aliphatic carbocycles. The molecule has 140 valence electrons. The highest BCUT2D eigenvalue weighted by atomic mass is 16.5. The number of benzene rings is 2. The fourth-order valence-electron chi connectivity index (χ4n) is 4.75. The van der Waals surface area contributed by atoms with Crippen molar-refractivity contribution < 1.29 is 13.9 Å². The van der Waals surface area contributed by atoms with Crippen LogP contribution in [0.25, 0.3) is 11.0 Å². The average Bonchev–Trinajstić information content (AvgIpc) is 3.12. The zero-order chi connectivity index (χ0) is 19.3. The van der Waals surface area contributed by atoms with Gasteiger partial charge in [-0.2, -0.15) is 5.26 Å². The van der Waals surface area contributed by atoms with E-state index in [0.717, 1.165) is 29.6 Å². The van der Waals surface area contributed by atoms with E-state index in [1.165, 1.54) is 5.56 Å². The summed E-state index contributed by atoms with van der Waals surface area (Å²) in [5.74, 6) is 1.13. The number of piperidine rings is 1. The Labute approximate surface area is 163 Å². The standard InChI is InChI=1S/C23H20N2O3/c1-27-21-13-25(23(26)15-6-4-5-14(9-15)12-24)16-10-18-17-7-2-3-8-20(17)28-22(18)19(21)11-16/h2-9,16,19,21H,10-11,13H2,1H3/t16-,19+,21-/m0/s1. The number of hydrogen-bond donors (Lipinski definition) is 0. The molecule has 1 fully saturated rings. The second-order valence-electron chi connectivity index (χ2n) is 7.57. The van der Waals surface area contributed by atoms with Gasteiger partial charge in [-0.25, -0.2) is 0 Å². The monoisotopic (exact) mass is 372 g/mol. The van der Waals surface area contributed by atoms with Crippen molar-refractivity contribution in [3.05, 3.63) is 71.0 Å². The summed E-state index contributed by atoms with van der Waals surface area (Å²) in [5, 5.41) is 10.3. The SMILES string of the molecule is CO[C@H]1CN(C(=O)c2cccc(C#N)c2)[C@H]2Cc3c(oc4ccccc34)[C@@H]1C2. The normalized spacial score (nSPS) is 23.3. The van der Waals surface area contributed by atoms with Crippen LogP contribution in [0.5, 0.6) is 0 Å². The number of nitriles is 1. The number of carbonyl (C=O) groups is 1. The molecular formula is C23H20N2O3. The zero-order valence-electron chi connectivity index (χ0n) is 15.6. The van der Waals surface area contributed by atoms with E-state index in [2.05, 4.69) is 12.1 Å². The first-order valence-electron chi connectivity index (χ1n) is 9.54. The van der Waals surface area contributed by atoms with Crippen LogP contribution in [0.15, 0.2) is 52.9 Å². The molecule has 5 rings (SSSR count). The van der Waals surface area contributed by atoms with E-state index in [-0.39, 0.29) is 24.0 Å². The number of methoxy groups -OCH3 is 1. The highest BCUT2D eigenvalue weighted by molar-refractivity contribution is 5.95. The number of furan rings is 1. The maximum Gasteiger partial charge on any atom is 0.254 e. The predicted octanol–water partition coefficient (Wildman–Crippen LogP) is 3.87. The van der Waals surface area contributed by atoms with E-state index in [9.17, 15) is 4.79 Å². The van der Waals surface area contributed by atoms with Gasteiger partial charge in [-0.1, -0.05) is 24.3 Å². The lowest BCUT2D eigenvalue weighted by molar-refractivity contribution is -0.0147. The van der Waals surface area contributed by atoms with Crippen LogP contribution in [-0.2, 0) is 11.2 Å². The van der Waals surface area contributed by atoms with Crippen molar-refractivity contribution in [1.82, 2.24) is 4.90 Å². The van der Waals surface area contributed by atoms with Crippen LogP contribution in [-0.4, -0.2) is 36.6 Å². The molecule has 0 saturated carbocycles. The summed E-state index contributed by atoms with van der Waals surface area (Å²) in [7, 11) is 1.70. The minimum atomic E-state index is -0.112. The molecule has 28 heavy (non-hydrogen) atoms. The Kier molecular flexibility index (Phi) is 3.96. The van der Waals surface area contributed by atoms with Crippen LogP contribution < -0.4 is 0 Å². The molecule has 1 aromatic heterocycles. The highest BCUT2D eigenvalue weighted by Gasteiger charge is 2.45. The first-order valence-corrected chi connectivity index (χ1v) is 9.54. The van der Waals surface area contributed by atoms with Gasteiger partial charge in [0.25, 0.3) is 5.91 Å². The van der Waals surface area contributed by atoms with Gasteiger partial charge in [-0.3, -0.25) is 4.79 Å². The number of nitrogens with zero attached hydrogens (tertiary/aromatic N) is 2. The smallest absolute Gasteiger partial charge is 0.254 e. The Balaban J connectivity index is 1.55. The third-order valence-electron chi connectivity index (χ3n) is 6.10. The van der Waals surface area contributed by atoms with E-state index < -0.39 is 0 Å². The molecule has 1 saturated heterocycles. The molecule has 0 unspecified atom stereocenters. The average molecular weight is 372 g/mol. The minimum absolute atomic E-state index is 0.0427. The van der Waals surface area contributed by atoms with Gasteiger partial charge in [0.05, 0.1) is 17.7 Å². The Morgan fingerprint density at radius 2 is 2.11 bits per heavy atom. The second kappa shape index (κ2) is 6.50. The molecule has 2 heterocycles. The van der Waals surface area contributed by atoms with Crippen LogP contribution in [0.2, 0.25) is 0 Å². The first kappa shape index (κ1) is 17.0. The summed E-state index contributed by atoms with van der Waals surface area (Å²) in [6, 6.07) is 17.2. The van der Waals surface area contributed by atoms with Gasteiger partial charge in [-0.15, -0.1) is 0 Å². The summed E-state index contributed by atoms with van der Waals surface area (Å²) in [4.78, 5) is 15.2. The number of carbonyl (C=O) groups excluding carboxylic acids is 1. The second-order valence-corrected chi connectivity index (χ2v) is 7.57. The number of hydrogen-bond acceptors (Lipinski definition) is 4. The summed E-state index contributed by atoms with van der Waals surface area (Å²) >= 11 is 0. The van der Waals surface area contributed by atoms with E-state index in [4.69, 9.17) is 14.4 Å². The van der Waals surface area contributed by atoms with Crippen molar-refractivity contribution >= 4 is 16.9 Å². The minimum Gasteiger partial charge on any atom is -0.460 e. The third-order valence-corrected chi connectivity index (χ3v) is 6.10. The number of likely N-dealkylation sites (tertiary alicyclic amines) is 1. The van der Waals surface area contributed by atoms with Crippen molar-refractivity contribution in [3.63, 3.8) is 0 Å². The van der Waals surface area contributed by atoms with Gasteiger partial charge in [-0.05, 0) is 37.1 Å². The van der Waals surface area contributed by atoms with Crippen LogP contribution >= 0.6 is 0 Å². The Hall–Kier alpha value is -3.10. The van der Waals surface area contributed by atoms with E-state index in [1.54, 1.807) is 31.4 Å². The van der Waals surface area contributed by atoms with Crippen LogP contribution in [0, 0.1) is 11.3 Å². The van der Waals surface area contributed by atoms with E-state index in [1.807, 2.05) is 23.1 Å². The molecule has 1 aliphatic heterocycles. The fraction of sp³-hybridized carbons (Fsp3) is 0.304. The van der Waals surface area contributed by atoms with Crippen molar-refractivity contribution in [3.8, 4) is 6.07 Å².